The van der Waals surface area contributed by atoms with E-state index in [0.29, 0.717) is 10.9 Å². The van der Waals surface area contributed by atoms with Crippen LogP contribution in [0.2, 0.25) is 0 Å². The molecule has 0 saturated carbocycles. The number of carbonyl (C=O) groups excluding carboxylic acids is 1. The standard InChI is InChI=1S/C12H11FN2O3/c1-17-6-9(12(16)18-2)8-4-11-7(3-10(8)13)5-14-15-11/h3-6H,1-2H3,(H,14,15)/b9-6+. The van der Waals surface area contributed by atoms with Crippen molar-refractivity contribution in [2.24, 2.45) is 0 Å². The second kappa shape index (κ2) is 4.87. The maximum absolute atomic E-state index is 13.9. The summed E-state index contributed by atoms with van der Waals surface area (Å²) in [6.45, 7) is 0. The number of hydrogen-bond acceptors (Lipinski definition) is 4. The Hall–Kier alpha value is -2.37. The molecule has 6 heteroatoms. The van der Waals surface area contributed by atoms with Crippen molar-refractivity contribution in [2.45, 2.75) is 0 Å². The fourth-order valence-electron chi connectivity index (χ4n) is 1.62. The molecule has 5 nitrogen and oxygen atoms in total. The Morgan fingerprint density at radius 1 is 1.44 bits per heavy atom. The van der Waals surface area contributed by atoms with Crippen LogP contribution in [0.15, 0.2) is 24.6 Å². The fraction of sp³-hybridized carbons (Fsp3) is 0.167. The Kier molecular flexibility index (Phi) is 3.27. The van der Waals surface area contributed by atoms with Gasteiger partial charge in [0, 0.05) is 10.9 Å². The summed E-state index contributed by atoms with van der Waals surface area (Å²) in [6.07, 6.45) is 2.65. The second-order valence-corrected chi connectivity index (χ2v) is 3.55. The first-order valence-corrected chi connectivity index (χ1v) is 5.11. The van der Waals surface area contributed by atoms with Gasteiger partial charge in [-0.05, 0) is 12.1 Å². The number of benzene rings is 1. The van der Waals surface area contributed by atoms with E-state index in [1.807, 2.05) is 0 Å². The Morgan fingerprint density at radius 2 is 2.22 bits per heavy atom. The SMILES string of the molecule is CO/C=C(/C(=O)OC)c1cc2[nH]ncc2cc1F. The number of H-pyrrole nitrogens is 1. The summed E-state index contributed by atoms with van der Waals surface area (Å²) in [5.41, 5.74) is 0.728. The van der Waals surface area contributed by atoms with Crippen LogP contribution in [-0.2, 0) is 14.3 Å². The third-order valence-electron chi connectivity index (χ3n) is 2.46. The van der Waals surface area contributed by atoms with Crippen LogP contribution in [0.3, 0.4) is 0 Å². The monoisotopic (exact) mass is 250 g/mol. The van der Waals surface area contributed by atoms with Crippen molar-refractivity contribution in [1.82, 2.24) is 10.2 Å². The number of aromatic nitrogens is 2. The highest BCUT2D eigenvalue weighted by atomic mass is 19.1. The number of aromatic amines is 1. The number of rotatable bonds is 3. The molecule has 0 amide bonds. The molecule has 0 aliphatic heterocycles. The van der Waals surface area contributed by atoms with Gasteiger partial charge in [-0.3, -0.25) is 5.10 Å². The van der Waals surface area contributed by atoms with Gasteiger partial charge in [0.25, 0.3) is 0 Å². The maximum Gasteiger partial charge on any atom is 0.341 e. The van der Waals surface area contributed by atoms with Crippen LogP contribution in [-0.4, -0.2) is 30.4 Å². The molecule has 1 heterocycles. The number of fused-ring (bicyclic) bond motifs is 1. The maximum atomic E-state index is 13.9. The lowest BCUT2D eigenvalue weighted by Gasteiger charge is -2.06. The summed E-state index contributed by atoms with van der Waals surface area (Å²) in [4.78, 5) is 11.6. The lowest BCUT2D eigenvalue weighted by Crippen LogP contribution is -2.06. The van der Waals surface area contributed by atoms with Gasteiger partial charge < -0.3 is 9.47 Å². The molecule has 1 aromatic heterocycles. The summed E-state index contributed by atoms with van der Waals surface area (Å²) in [5.74, 6) is -1.22. The molecule has 2 rings (SSSR count). The number of hydrogen-bond donors (Lipinski definition) is 1. The highest BCUT2D eigenvalue weighted by Crippen LogP contribution is 2.24. The van der Waals surface area contributed by atoms with E-state index in [4.69, 9.17) is 4.74 Å². The largest absolute Gasteiger partial charge is 0.503 e. The van der Waals surface area contributed by atoms with E-state index in [2.05, 4.69) is 14.9 Å². The summed E-state index contributed by atoms with van der Waals surface area (Å²) in [5, 5.41) is 7.12. The molecule has 0 unspecified atom stereocenters. The average Bonchev–Trinajstić information content (AvgIpc) is 2.81. The molecule has 94 valence electrons. The molecule has 1 N–H and O–H groups in total. The van der Waals surface area contributed by atoms with Crippen LogP contribution in [0.5, 0.6) is 0 Å². The predicted molar refractivity (Wildman–Crippen MR) is 63.1 cm³/mol. The summed E-state index contributed by atoms with van der Waals surface area (Å²) in [6, 6.07) is 2.78. The van der Waals surface area contributed by atoms with Crippen LogP contribution in [0, 0.1) is 5.82 Å². The zero-order chi connectivity index (χ0) is 13.1. The smallest absolute Gasteiger partial charge is 0.341 e. The number of esters is 1. The lowest BCUT2D eigenvalue weighted by molar-refractivity contribution is -0.133. The number of methoxy groups -OCH3 is 2. The van der Waals surface area contributed by atoms with Crippen molar-refractivity contribution in [3.63, 3.8) is 0 Å². The quantitative estimate of drug-likeness (QED) is 0.513. The molecule has 0 bridgehead atoms. The summed E-state index contributed by atoms with van der Waals surface area (Å²) >= 11 is 0. The second-order valence-electron chi connectivity index (χ2n) is 3.55. The molecule has 0 aliphatic carbocycles. The highest BCUT2D eigenvalue weighted by Gasteiger charge is 2.18. The van der Waals surface area contributed by atoms with Crippen molar-refractivity contribution in [3.8, 4) is 0 Å². The van der Waals surface area contributed by atoms with Crippen LogP contribution in [0.25, 0.3) is 16.5 Å². The lowest BCUT2D eigenvalue weighted by atomic mass is 10.0. The minimum absolute atomic E-state index is 0.00833. The number of nitrogens with zero attached hydrogens (tertiary/aromatic N) is 1. The van der Waals surface area contributed by atoms with Crippen LogP contribution < -0.4 is 0 Å². The predicted octanol–water partition coefficient (Wildman–Crippen LogP) is 1.86. The number of halogens is 1. The Bertz CT molecular complexity index is 619. The molecule has 0 aliphatic rings. The van der Waals surface area contributed by atoms with Gasteiger partial charge in [-0.1, -0.05) is 0 Å². The first kappa shape index (κ1) is 12.1. The Morgan fingerprint density at radius 3 is 2.89 bits per heavy atom. The highest BCUT2D eigenvalue weighted by molar-refractivity contribution is 6.16. The summed E-state index contributed by atoms with van der Waals surface area (Å²) < 4.78 is 23.3. The molecule has 0 radical (unpaired) electrons. The molecular weight excluding hydrogens is 239 g/mol. The van der Waals surface area contributed by atoms with Crippen molar-refractivity contribution in [2.75, 3.05) is 14.2 Å². The zero-order valence-electron chi connectivity index (χ0n) is 9.86. The van der Waals surface area contributed by atoms with E-state index in [1.165, 1.54) is 32.5 Å². The third kappa shape index (κ3) is 2.04. The normalized spacial score (nSPS) is 11.6. The number of nitrogens with one attached hydrogen (secondary N) is 1. The van der Waals surface area contributed by atoms with E-state index in [9.17, 15) is 9.18 Å². The van der Waals surface area contributed by atoms with Crippen molar-refractivity contribution in [3.05, 3.63) is 36.0 Å². The van der Waals surface area contributed by atoms with Crippen molar-refractivity contribution < 1.29 is 18.7 Å². The van der Waals surface area contributed by atoms with Gasteiger partial charge in [0.15, 0.2) is 0 Å². The van der Waals surface area contributed by atoms with E-state index in [1.54, 1.807) is 0 Å². The topological polar surface area (TPSA) is 64.2 Å². The molecule has 0 saturated heterocycles. The average molecular weight is 250 g/mol. The molecule has 1 aromatic carbocycles. The van der Waals surface area contributed by atoms with Gasteiger partial charge in [0.05, 0.1) is 32.2 Å². The molecule has 0 atom stereocenters. The third-order valence-corrected chi connectivity index (χ3v) is 2.46. The molecule has 18 heavy (non-hydrogen) atoms. The summed E-state index contributed by atoms with van der Waals surface area (Å²) in [7, 11) is 2.59. The molecular formula is C12H11FN2O3. The van der Waals surface area contributed by atoms with Gasteiger partial charge in [-0.15, -0.1) is 0 Å². The van der Waals surface area contributed by atoms with Crippen LogP contribution >= 0.6 is 0 Å². The van der Waals surface area contributed by atoms with Gasteiger partial charge in [-0.25, -0.2) is 9.18 Å². The molecule has 0 fully saturated rings. The number of ether oxygens (including phenoxy) is 2. The van der Waals surface area contributed by atoms with E-state index in [0.717, 1.165) is 6.26 Å². The fourth-order valence-corrected chi connectivity index (χ4v) is 1.62. The minimum Gasteiger partial charge on any atom is -0.503 e. The molecule has 0 spiro atoms. The first-order chi connectivity index (χ1) is 8.67. The van der Waals surface area contributed by atoms with Crippen LogP contribution in [0.4, 0.5) is 4.39 Å². The number of carbonyl (C=O) groups is 1. The van der Waals surface area contributed by atoms with E-state index in [-0.39, 0.29) is 11.1 Å². The van der Waals surface area contributed by atoms with Crippen LogP contribution in [0.1, 0.15) is 5.56 Å². The zero-order valence-corrected chi connectivity index (χ0v) is 9.86. The van der Waals surface area contributed by atoms with E-state index < -0.39 is 11.8 Å². The minimum atomic E-state index is -0.672. The molecule has 2 aromatic rings. The van der Waals surface area contributed by atoms with Crippen molar-refractivity contribution in [1.29, 1.82) is 0 Å². The van der Waals surface area contributed by atoms with E-state index >= 15 is 0 Å². The Balaban J connectivity index is 2.59. The first-order valence-electron chi connectivity index (χ1n) is 5.11. The van der Waals surface area contributed by atoms with Gasteiger partial charge >= 0.3 is 5.97 Å². The van der Waals surface area contributed by atoms with Crippen molar-refractivity contribution >= 4 is 22.4 Å². The van der Waals surface area contributed by atoms with Gasteiger partial charge in [0.1, 0.15) is 11.4 Å². The Labute approximate surface area is 102 Å². The van der Waals surface area contributed by atoms with Gasteiger partial charge in [-0.2, -0.15) is 5.10 Å². The van der Waals surface area contributed by atoms with Gasteiger partial charge in [0.2, 0.25) is 0 Å².